The molecule has 142 valence electrons. The summed E-state index contributed by atoms with van der Waals surface area (Å²) < 4.78 is 8.29. The highest BCUT2D eigenvalue weighted by Crippen LogP contribution is 2.21. The van der Waals surface area contributed by atoms with Crippen molar-refractivity contribution < 1.29 is 4.74 Å². The molecule has 4 rings (SSSR count). The average Bonchev–Trinajstić information content (AvgIpc) is 3.04. The highest BCUT2D eigenvalue weighted by Gasteiger charge is 2.12. The Kier molecular flexibility index (Phi) is 5.43. The van der Waals surface area contributed by atoms with Crippen LogP contribution in [0.3, 0.4) is 0 Å². The SMILES string of the molecule is Cc1cccc(OCCCn2c(Cc3ccccc3C)nc3ccccc32)c1. The average molecular weight is 370 g/mol. The first-order valence-corrected chi connectivity index (χ1v) is 9.89. The number of imidazole rings is 1. The molecule has 3 heteroatoms. The van der Waals surface area contributed by atoms with E-state index in [1.54, 1.807) is 0 Å². The van der Waals surface area contributed by atoms with E-state index in [-0.39, 0.29) is 0 Å². The van der Waals surface area contributed by atoms with Gasteiger partial charge in [0, 0.05) is 13.0 Å². The zero-order chi connectivity index (χ0) is 19.3. The minimum absolute atomic E-state index is 0.694. The molecule has 0 aliphatic heterocycles. The Labute approximate surface area is 166 Å². The van der Waals surface area contributed by atoms with Gasteiger partial charge in [0.05, 0.1) is 17.6 Å². The zero-order valence-electron chi connectivity index (χ0n) is 16.6. The van der Waals surface area contributed by atoms with Crippen molar-refractivity contribution in [3.8, 4) is 5.75 Å². The normalized spacial score (nSPS) is 11.1. The monoisotopic (exact) mass is 370 g/mol. The summed E-state index contributed by atoms with van der Waals surface area (Å²) in [6.07, 6.45) is 1.79. The third-order valence-corrected chi connectivity index (χ3v) is 5.13. The van der Waals surface area contributed by atoms with Crippen LogP contribution in [-0.2, 0) is 13.0 Å². The number of para-hydroxylation sites is 2. The number of aromatic nitrogens is 2. The number of benzene rings is 3. The van der Waals surface area contributed by atoms with Crippen molar-refractivity contribution in [1.82, 2.24) is 9.55 Å². The van der Waals surface area contributed by atoms with Gasteiger partial charge in [-0.05, 0) is 61.2 Å². The molecule has 28 heavy (non-hydrogen) atoms. The summed E-state index contributed by atoms with van der Waals surface area (Å²) in [5.74, 6) is 2.06. The third-order valence-electron chi connectivity index (χ3n) is 5.13. The Morgan fingerprint density at radius 3 is 2.57 bits per heavy atom. The molecule has 0 N–H and O–H groups in total. The summed E-state index contributed by atoms with van der Waals surface area (Å²) in [6.45, 7) is 5.84. The van der Waals surface area contributed by atoms with E-state index < -0.39 is 0 Å². The lowest BCUT2D eigenvalue weighted by atomic mass is 10.1. The Morgan fingerprint density at radius 1 is 0.893 bits per heavy atom. The van der Waals surface area contributed by atoms with Gasteiger partial charge >= 0.3 is 0 Å². The van der Waals surface area contributed by atoms with Crippen LogP contribution in [0, 0.1) is 13.8 Å². The zero-order valence-corrected chi connectivity index (χ0v) is 16.6. The number of aryl methyl sites for hydroxylation is 3. The molecule has 0 spiro atoms. The maximum absolute atomic E-state index is 5.94. The van der Waals surface area contributed by atoms with Crippen LogP contribution in [-0.4, -0.2) is 16.2 Å². The Morgan fingerprint density at radius 2 is 1.71 bits per heavy atom. The van der Waals surface area contributed by atoms with E-state index in [1.165, 1.54) is 22.2 Å². The van der Waals surface area contributed by atoms with Gasteiger partial charge in [0.15, 0.2) is 0 Å². The quantitative estimate of drug-likeness (QED) is 0.389. The Hall–Kier alpha value is -3.07. The molecule has 0 unspecified atom stereocenters. The Bertz CT molecular complexity index is 1080. The second-order valence-corrected chi connectivity index (χ2v) is 7.29. The van der Waals surface area contributed by atoms with Gasteiger partial charge in [0.2, 0.25) is 0 Å². The molecule has 0 radical (unpaired) electrons. The molecule has 0 aliphatic rings. The van der Waals surface area contributed by atoms with Gasteiger partial charge in [-0.1, -0.05) is 48.5 Å². The first kappa shape index (κ1) is 18.3. The fourth-order valence-electron chi connectivity index (χ4n) is 3.61. The number of ether oxygens (including phenoxy) is 1. The van der Waals surface area contributed by atoms with Crippen LogP contribution in [0.5, 0.6) is 5.75 Å². The molecular weight excluding hydrogens is 344 g/mol. The molecule has 0 saturated heterocycles. The smallest absolute Gasteiger partial charge is 0.119 e. The van der Waals surface area contributed by atoms with Crippen molar-refractivity contribution in [2.24, 2.45) is 0 Å². The molecule has 0 fully saturated rings. The third kappa shape index (κ3) is 4.09. The van der Waals surface area contributed by atoms with Crippen molar-refractivity contribution in [1.29, 1.82) is 0 Å². The van der Waals surface area contributed by atoms with E-state index in [4.69, 9.17) is 9.72 Å². The van der Waals surface area contributed by atoms with E-state index >= 15 is 0 Å². The molecule has 0 atom stereocenters. The molecule has 0 aliphatic carbocycles. The predicted molar refractivity (Wildman–Crippen MR) is 115 cm³/mol. The van der Waals surface area contributed by atoms with E-state index in [0.717, 1.165) is 36.5 Å². The topological polar surface area (TPSA) is 27.1 Å². The fraction of sp³-hybridized carbons (Fsp3) is 0.240. The van der Waals surface area contributed by atoms with Crippen LogP contribution in [0.25, 0.3) is 11.0 Å². The minimum Gasteiger partial charge on any atom is -0.494 e. The lowest BCUT2D eigenvalue weighted by Crippen LogP contribution is -2.09. The molecule has 0 saturated carbocycles. The van der Waals surface area contributed by atoms with E-state index in [2.05, 4.69) is 79.1 Å². The lowest BCUT2D eigenvalue weighted by Gasteiger charge is -2.12. The summed E-state index contributed by atoms with van der Waals surface area (Å²) in [7, 11) is 0. The van der Waals surface area contributed by atoms with Gasteiger partial charge in [-0.15, -0.1) is 0 Å². The molecule has 3 nitrogen and oxygen atoms in total. The van der Waals surface area contributed by atoms with Crippen LogP contribution >= 0.6 is 0 Å². The lowest BCUT2D eigenvalue weighted by molar-refractivity contribution is 0.301. The van der Waals surface area contributed by atoms with Crippen molar-refractivity contribution in [2.75, 3.05) is 6.61 Å². The van der Waals surface area contributed by atoms with Crippen molar-refractivity contribution >= 4 is 11.0 Å². The summed E-state index contributed by atoms with van der Waals surface area (Å²) >= 11 is 0. The van der Waals surface area contributed by atoms with E-state index in [0.29, 0.717) is 6.61 Å². The highest BCUT2D eigenvalue weighted by molar-refractivity contribution is 5.76. The largest absolute Gasteiger partial charge is 0.494 e. The molecule has 0 amide bonds. The maximum atomic E-state index is 5.94. The first-order chi connectivity index (χ1) is 13.7. The number of fused-ring (bicyclic) bond motifs is 1. The predicted octanol–water partition coefficient (Wildman–Crippen LogP) is 5.71. The maximum Gasteiger partial charge on any atom is 0.119 e. The number of hydrogen-bond donors (Lipinski definition) is 0. The van der Waals surface area contributed by atoms with E-state index in [1.807, 2.05) is 12.1 Å². The van der Waals surface area contributed by atoms with Gasteiger partial charge in [-0.2, -0.15) is 0 Å². The molecule has 1 heterocycles. The summed E-state index contributed by atoms with van der Waals surface area (Å²) in [6, 6.07) is 25.2. The van der Waals surface area contributed by atoms with Crippen molar-refractivity contribution in [3.05, 3.63) is 95.3 Å². The molecular formula is C25H26N2O. The van der Waals surface area contributed by atoms with Gasteiger partial charge in [-0.3, -0.25) is 0 Å². The summed E-state index contributed by atoms with van der Waals surface area (Å²) in [4.78, 5) is 4.92. The molecule has 3 aromatic carbocycles. The van der Waals surface area contributed by atoms with Crippen molar-refractivity contribution in [2.45, 2.75) is 33.2 Å². The number of hydrogen-bond acceptors (Lipinski definition) is 2. The van der Waals surface area contributed by atoms with Gasteiger partial charge in [0.1, 0.15) is 11.6 Å². The van der Waals surface area contributed by atoms with Crippen molar-refractivity contribution in [3.63, 3.8) is 0 Å². The Balaban J connectivity index is 1.51. The van der Waals surface area contributed by atoms with Crippen LogP contribution < -0.4 is 4.74 Å². The minimum atomic E-state index is 0.694. The number of nitrogens with zero attached hydrogens (tertiary/aromatic N) is 2. The van der Waals surface area contributed by atoms with Gasteiger partial charge in [0.25, 0.3) is 0 Å². The highest BCUT2D eigenvalue weighted by atomic mass is 16.5. The second kappa shape index (κ2) is 8.30. The molecule has 1 aromatic heterocycles. The standard InChI is InChI=1S/C25H26N2O/c1-19-9-7-12-22(17-19)28-16-8-15-27-24-14-6-5-13-23(24)26-25(27)18-21-11-4-3-10-20(21)2/h3-7,9-14,17H,8,15-16,18H2,1-2H3. The van der Waals surface area contributed by atoms with E-state index in [9.17, 15) is 0 Å². The summed E-state index contributed by atoms with van der Waals surface area (Å²) in [5, 5.41) is 0. The number of rotatable bonds is 7. The summed E-state index contributed by atoms with van der Waals surface area (Å²) in [5.41, 5.74) is 6.12. The van der Waals surface area contributed by atoms with Crippen LogP contribution in [0.15, 0.2) is 72.8 Å². The first-order valence-electron chi connectivity index (χ1n) is 9.89. The van der Waals surface area contributed by atoms with Crippen LogP contribution in [0.1, 0.15) is 28.9 Å². The molecule has 0 bridgehead atoms. The van der Waals surface area contributed by atoms with Crippen LogP contribution in [0.4, 0.5) is 0 Å². The van der Waals surface area contributed by atoms with Gasteiger partial charge < -0.3 is 9.30 Å². The molecule has 4 aromatic rings. The fourth-order valence-corrected chi connectivity index (χ4v) is 3.61. The second-order valence-electron chi connectivity index (χ2n) is 7.29. The van der Waals surface area contributed by atoms with Crippen LogP contribution in [0.2, 0.25) is 0 Å². The van der Waals surface area contributed by atoms with Gasteiger partial charge in [-0.25, -0.2) is 4.98 Å².